The van der Waals surface area contributed by atoms with Crippen molar-refractivity contribution in [1.29, 1.82) is 0 Å². The number of rotatable bonds is 13. The zero-order valence-corrected chi connectivity index (χ0v) is 30.7. The average molecular weight is 696 g/mol. The van der Waals surface area contributed by atoms with Crippen molar-refractivity contribution in [2.45, 2.75) is 89.9 Å². The second-order valence-corrected chi connectivity index (χ2v) is 14.8. The predicted octanol–water partition coefficient (Wildman–Crippen LogP) is 4.77. The molecule has 2 aliphatic carbocycles. The number of nitrogens with zero attached hydrogens (tertiary/aromatic N) is 6. The number of anilines is 1. The number of nitrogens with one attached hydrogen (secondary N) is 1. The van der Waals surface area contributed by atoms with Crippen molar-refractivity contribution in [3.8, 4) is 0 Å². The molecule has 2 heterocycles. The molecule has 2 saturated heterocycles. The van der Waals surface area contributed by atoms with Crippen LogP contribution in [-0.2, 0) is 19.2 Å². The fraction of sp³-hybridized carbons (Fsp3) is 0.711. The third-order valence-electron chi connectivity index (χ3n) is 10.8. The van der Waals surface area contributed by atoms with Gasteiger partial charge in [0.2, 0.25) is 24.6 Å². The van der Waals surface area contributed by atoms with Crippen molar-refractivity contribution >= 4 is 36.4 Å². The normalized spacial score (nSPS) is 19.6. The van der Waals surface area contributed by atoms with E-state index in [-0.39, 0.29) is 29.7 Å². The molecule has 12 nitrogen and oxygen atoms in total. The van der Waals surface area contributed by atoms with Gasteiger partial charge in [0.25, 0.3) is 0 Å². The third kappa shape index (κ3) is 11.4. The number of hydrogen-bond donors (Lipinski definition) is 1. The van der Waals surface area contributed by atoms with Gasteiger partial charge < -0.3 is 9.80 Å². The molecular weight excluding hydrogens is 634 g/mol. The van der Waals surface area contributed by atoms with Crippen LogP contribution in [0.3, 0.4) is 0 Å². The van der Waals surface area contributed by atoms with Crippen LogP contribution in [-0.4, -0.2) is 116 Å². The van der Waals surface area contributed by atoms with Crippen LogP contribution in [0.2, 0.25) is 0 Å². The lowest BCUT2D eigenvalue weighted by Crippen LogP contribution is -2.58. The SMILES string of the molecule is CN(C=O)C[C@@H](CC1CCCC1)C(=O)N1CCCCN1.CN(C=O)C[C@@H](CC1CCCC1)C(=O)N1CCCCN1C(=O)N(C)c1ccccc1. The van der Waals surface area contributed by atoms with Gasteiger partial charge in [-0.15, -0.1) is 0 Å². The Morgan fingerprint density at radius 2 is 1.20 bits per heavy atom. The standard InChI is InChI=1S/C23H34N4O3.C15H27N3O2/c1-24(18-28)17-20(16-19-10-6-7-11-19)22(29)26-14-8-9-15-27(26)23(30)25(2)21-12-4-3-5-13-21;1-17(12-19)11-14(10-13-6-2-3-7-13)15(20)18-9-5-4-8-16-18/h3-5,12-13,18-20H,6-11,14-17H2,1-2H3;12-14,16H,2-11H2,1H3/t20-;14-/m11/s1. The molecule has 6 amide bonds. The minimum atomic E-state index is -0.279. The Kier molecular flexibility index (Phi) is 15.8. The Hall–Kier alpha value is -3.67. The molecule has 0 radical (unpaired) electrons. The number of amides is 6. The first-order chi connectivity index (χ1) is 24.2. The third-order valence-corrected chi connectivity index (χ3v) is 10.8. The van der Waals surface area contributed by atoms with Gasteiger partial charge in [0, 0.05) is 66.1 Å². The Labute approximate surface area is 299 Å². The summed E-state index contributed by atoms with van der Waals surface area (Å²) >= 11 is 0. The van der Waals surface area contributed by atoms with Crippen LogP contribution in [0.25, 0.3) is 0 Å². The Morgan fingerprint density at radius 3 is 1.70 bits per heavy atom. The van der Waals surface area contributed by atoms with Crippen LogP contribution in [0.1, 0.15) is 89.9 Å². The number of hydrazine groups is 2. The molecule has 2 saturated carbocycles. The van der Waals surface area contributed by atoms with E-state index < -0.39 is 0 Å². The van der Waals surface area contributed by atoms with E-state index in [0.29, 0.717) is 38.0 Å². The highest BCUT2D eigenvalue weighted by Gasteiger charge is 2.36. The summed E-state index contributed by atoms with van der Waals surface area (Å²) in [7, 11) is 5.21. The molecule has 2 atom stereocenters. The molecule has 4 aliphatic rings. The lowest BCUT2D eigenvalue weighted by atomic mass is 9.91. The fourth-order valence-corrected chi connectivity index (χ4v) is 8.02. The number of para-hydroxylation sites is 1. The average Bonchev–Trinajstić information content (AvgIpc) is 3.89. The number of carbonyl (C=O) groups is 5. The van der Waals surface area contributed by atoms with Gasteiger partial charge in [-0.25, -0.2) is 20.2 Å². The van der Waals surface area contributed by atoms with Crippen molar-refractivity contribution in [1.82, 2.24) is 30.3 Å². The number of benzene rings is 1. The number of hydrogen-bond acceptors (Lipinski definition) is 6. The van der Waals surface area contributed by atoms with Crippen LogP contribution in [0.5, 0.6) is 0 Å². The van der Waals surface area contributed by atoms with Gasteiger partial charge >= 0.3 is 6.03 Å². The van der Waals surface area contributed by atoms with Crippen molar-refractivity contribution in [3.63, 3.8) is 0 Å². The zero-order chi connectivity index (χ0) is 35.9. The molecular formula is C38H61N7O5. The highest BCUT2D eigenvalue weighted by molar-refractivity contribution is 5.93. The topological polar surface area (TPSA) is 117 Å². The summed E-state index contributed by atoms with van der Waals surface area (Å²) < 4.78 is 0. The minimum absolute atomic E-state index is 0.0369. The molecule has 0 spiro atoms. The monoisotopic (exact) mass is 695 g/mol. The van der Waals surface area contributed by atoms with Gasteiger partial charge in [-0.05, 0) is 62.5 Å². The maximum Gasteiger partial charge on any atom is 0.343 e. The van der Waals surface area contributed by atoms with E-state index in [0.717, 1.165) is 83.0 Å². The van der Waals surface area contributed by atoms with E-state index in [1.165, 1.54) is 38.5 Å². The van der Waals surface area contributed by atoms with Gasteiger partial charge in [-0.2, -0.15) is 0 Å². The highest BCUT2D eigenvalue weighted by Crippen LogP contribution is 2.33. The van der Waals surface area contributed by atoms with Gasteiger partial charge in [-0.3, -0.25) is 29.1 Å². The lowest BCUT2D eigenvalue weighted by Gasteiger charge is -2.42. The summed E-state index contributed by atoms with van der Waals surface area (Å²) in [5.74, 6) is 0.988. The highest BCUT2D eigenvalue weighted by atomic mass is 16.2. The summed E-state index contributed by atoms with van der Waals surface area (Å²) in [6.45, 7) is 3.68. The maximum atomic E-state index is 13.6. The number of urea groups is 1. The molecule has 0 bridgehead atoms. The van der Waals surface area contributed by atoms with Crippen LogP contribution in [0, 0.1) is 23.7 Å². The van der Waals surface area contributed by atoms with Crippen molar-refractivity contribution < 1.29 is 24.0 Å². The van der Waals surface area contributed by atoms with Crippen LogP contribution in [0.4, 0.5) is 10.5 Å². The smallest absolute Gasteiger partial charge is 0.343 e. The predicted molar refractivity (Wildman–Crippen MR) is 194 cm³/mol. The van der Waals surface area contributed by atoms with E-state index in [2.05, 4.69) is 5.43 Å². The van der Waals surface area contributed by atoms with Crippen molar-refractivity contribution in [2.24, 2.45) is 23.7 Å². The largest absolute Gasteiger partial charge is 0.348 e. The molecule has 1 aromatic rings. The van der Waals surface area contributed by atoms with Crippen LogP contribution in [0.15, 0.2) is 30.3 Å². The second kappa shape index (κ2) is 20.2. The van der Waals surface area contributed by atoms with E-state index in [4.69, 9.17) is 0 Å². The van der Waals surface area contributed by atoms with Gasteiger partial charge in [-0.1, -0.05) is 69.6 Å². The quantitative estimate of drug-likeness (QED) is 0.298. The van der Waals surface area contributed by atoms with Gasteiger partial charge in [0.05, 0.1) is 11.8 Å². The molecule has 5 rings (SSSR count). The molecule has 2 aliphatic heterocycles. The summed E-state index contributed by atoms with van der Waals surface area (Å²) in [5, 5.41) is 5.02. The van der Waals surface area contributed by atoms with Crippen molar-refractivity contribution in [3.05, 3.63) is 30.3 Å². The molecule has 0 aromatic heterocycles. The first-order valence-corrected chi connectivity index (χ1v) is 19.0. The molecule has 50 heavy (non-hydrogen) atoms. The van der Waals surface area contributed by atoms with Gasteiger partial charge in [0.1, 0.15) is 0 Å². The van der Waals surface area contributed by atoms with Crippen LogP contribution >= 0.6 is 0 Å². The van der Waals surface area contributed by atoms with E-state index in [1.54, 1.807) is 50.9 Å². The van der Waals surface area contributed by atoms with Crippen LogP contribution < -0.4 is 10.3 Å². The Balaban J connectivity index is 0.000000244. The molecule has 0 unspecified atom stereocenters. The first-order valence-electron chi connectivity index (χ1n) is 19.0. The van der Waals surface area contributed by atoms with Crippen molar-refractivity contribution in [2.75, 3.05) is 65.3 Å². The first kappa shape index (κ1) is 39.1. The Morgan fingerprint density at radius 1 is 0.700 bits per heavy atom. The minimum Gasteiger partial charge on any atom is -0.348 e. The second-order valence-electron chi connectivity index (χ2n) is 14.8. The summed E-state index contributed by atoms with van der Waals surface area (Å²) in [6, 6.07) is 9.27. The summed E-state index contributed by atoms with van der Waals surface area (Å²) in [4.78, 5) is 66.3. The van der Waals surface area contributed by atoms with E-state index >= 15 is 0 Å². The zero-order valence-electron chi connectivity index (χ0n) is 30.7. The summed E-state index contributed by atoms with van der Waals surface area (Å²) in [5.41, 5.74) is 3.99. The lowest BCUT2D eigenvalue weighted by molar-refractivity contribution is -0.153. The summed E-state index contributed by atoms with van der Waals surface area (Å²) in [6.07, 6.45) is 17.0. The fourth-order valence-electron chi connectivity index (χ4n) is 8.02. The molecule has 278 valence electrons. The van der Waals surface area contributed by atoms with E-state index in [1.807, 2.05) is 30.3 Å². The molecule has 12 heteroatoms. The van der Waals surface area contributed by atoms with Gasteiger partial charge in [0.15, 0.2) is 0 Å². The Bertz CT molecular complexity index is 1220. The molecule has 1 N–H and O–H groups in total. The number of carbonyl (C=O) groups excluding carboxylic acids is 5. The molecule has 1 aromatic carbocycles. The maximum absolute atomic E-state index is 13.6. The molecule has 4 fully saturated rings. The van der Waals surface area contributed by atoms with E-state index in [9.17, 15) is 24.0 Å².